The van der Waals surface area contributed by atoms with Crippen molar-refractivity contribution in [2.24, 2.45) is 14.1 Å². The van der Waals surface area contributed by atoms with Crippen molar-refractivity contribution in [3.05, 3.63) is 34.2 Å². The van der Waals surface area contributed by atoms with Gasteiger partial charge in [-0.3, -0.25) is 9.13 Å². The molecule has 86 valence electrons. The number of likely N-dealkylation sites (N-methyl/N-ethyl adjacent to an activating group) is 1. The number of hydrogen-bond acceptors (Lipinski definition) is 2. The maximum atomic E-state index is 11.7. The molecule has 0 saturated carbocycles. The Hall–Kier alpha value is -1.55. The molecule has 4 nitrogen and oxygen atoms in total. The average Bonchev–Trinajstić information content (AvgIpc) is 2.52. The monoisotopic (exact) mass is 219 g/mol. The Labute approximate surface area is 94.5 Å². The SMILES string of the molecule is CNCCc1ccc2c(c1)n(C)c(=O)n2C. The lowest BCUT2D eigenvalue weighted by atomic mass is 10.1. The highest BCUT2D eigenvalue weighted by Gasteiger charge is 2.07. The van der Waals surface area contributed by atoms with Crippen molar-refractivity contribution in [3.8, 4) is 0 Å². The molecule has 0 fully saturated rings. The van der Waals surface area contributed by atoms with Gasteiger partial charge >= 0.3 is 5.69 Å². The van der Waals surface area contributed by atoms with Crippen LogP contribution in [0.15, 0.2) is 23.0 Å². The molecule has 1 N–H and O–H groups in total. The van der Waals surface area contributed by atoms with E-state index in [9.17, 15) is 4.79 Å². The molecule has 0 unspecified atom stereocenters. The van der Waals surface area contributed by atoms with Crippen molar-refractivity contribution in [1.82, 2.24) is 14.5 Å². The average molecular weight is 219 g/mol. The first-order valence-corrected chi connectivity index (χ1v) is 5.44. The Morgan fingerprint density at radius 2 is 1.88 bits per heavy atom. The van der Waals surface area contributed by atoms with Gasteiger partial charge in [0.2, 0.25) is 0 Å². The molecule has 1 aromatic carbocycles. The minimum absolute atomic E-state index is 0.0285. The molecule has 0 saturated heterocycles. The molecule has 0 bridgehead atoms. The lowest BCUT2D eigenvalue weighted by Crippen LogP contribution is -2.19. The van der Waals surface area contributed by atoms with Crippen molar-refractivity contribution in [2.45, 2.75) is 6.42 Å². The van der Waals surface area contributed by atoms with Crippen molar-refractivity contribution in [2.75, 3.05) is 13.6 Å². The summed E-state index contributed by atoms with van der Waals surface area (Å²) in [7, 11) is 5.56. The quantitative estimate of drug-likeness (QED) is 0.822. The van der Waals surface area contributed by atoms with E-state index in [1.807, 2.05) is 20.2 Å². The Kier molecular flexibility index (Phi) is 2.83. The van der Waals surface area contributed by atoms with Crippen LogP contribution in [0.25, 0.3) is 11.0 Å². The maximum absolute atomic E-state index is 11.7. The fraction of sp³-hybridized carbons (Fsp3) is 0.417. The third-order valence-electron chi connectivity index (χ3n) is 3.00. The lowest BCUT2D eigenvalue weighted by Gasteiger charge is -2.02. The van der Waals surface area contributed by atoms with Crippen LogP contribution in [-0.4, -0.2) is 22.7 Å². The van der Waals surface area contributed by atoms with Gasteiger partial charge < -0.3 is 5.32 Å². The molecule has 0 atom stereocenters. The van der Waals surface area contributed by atoms with Crippen molar-refractivity contribution in [3.63, 3.8) is 0 Å². The van der Waals surface area contributed by atoms with Crippen LogP contribution in [0, 0.1) is 0 Å². The van der Waals surface area contributed by atoms with E-state index in [1.54, 1.807) is 16.2 Å². The maximum Gasteiger partial charge on any atom is 0.328 e. The molecule has 0 aliphatic rings. The van der Waals surface area contributed by atoms with E-state index in [4.69, 9.17) is 0 Å². The molecule has 16 heavy (non-hydrogen) atoms. The predicted molar refractivity (Wildman–Crippen MR) is 65.8 cm³/mol. The number of rotatable bonds is 3. The van der Waals surface area contributed by atoms with Gasteiger partial charge in [0.05, 0.1) is 11.0 Å². The number of nitrogens with one attached hydrogen (secondary N) is 1. The van der Waals surface area contributed by atoms with E-state index < -0.39 is 0 Å². The number of nitrogens with zero attached hydrogens (tertiary/aromatic N) is 2. The highest BCUT2D eigenvalue weighted by atomic mass is 16.1. The number of aromatic nitrogens is 2. The fourth-order valence-corrected chi connectivity index (χ4v) is 1.98. The summed E-state index contributed by atoms with van der Waals surface area (Å²) < 4.78 is 3.37. The van der Waals surface area contributed by atoms with E-state index >= 15 is 0 Å². The molecule has 0 spiro atoms. The molecule has 2 aromatic rings. The molecule has 2 rings (SSSR count). The summed E-state index contributed by atoms with van der Waals surface area (Å²) in [5.74, 6) is 0. The summed E-state index contributed by atoms with van der Waals surface area (Å²) in [6, 6.07) is 6.19. The van der Waals surface area contributed by atoms with Crippen LogP contribution in [0.1, 0.15) is 5.56 Å². The van der Waals surface area contributed by atoms with Crippen molar-refractivity contribution >= 4 is 11.0 Å². The molecule has 0 aliphatic carbocycles. The van der Waals surface area contributed by atoms with Gasteiger partial charge in [0, 0.05) is 14.1 Å². The number of aryl methyl sites for hydroxylation is 2. The van der Waals surface area contributed by atoms with Gasteiger partial charge in [-0.1, -0.05) is 6.07 Å². The highest BCUT2D eigenvalue weighted by molar-refractivity contribution is 5.76. The zero-order chi connectivity index (χ0) is 11.7. The number of hydrogen-bond donors (Lipinski definition) is 1. The van der Waals surface area contributed by atoms with E-state index in [1.165, 1.54) is 5.56 Å². The van der Waals surface area contributed by atoms with Crippen LogP contribution in [-0.2, 0) is 20.5 Å². The van der Waals surface area contributed by atoms with Gasteiger partial charge in [-0.25, -0.2) is 4.79 Å². The zero-order valence-electron chi connectivity index (χ0n) is 9.95. The summed E-state index contributed by atoms with van der Waals surface area (Å²) >= 11 is 0. The first-order valence-electron chi connectivity index (χ1n) is 5.44. The summed E-state index contributed by atoms with van der Waals surface area (Å²) in [5, 5.41) is 3.12. The minimum Gasteiger partial charge on any atom is -0.319 e. The van der Waals surface area contributed by atoms with E-state index in [0.717, 1.165) is 24.0 Å². The second-order valence-corrected chi connectivity index (χ2v) is 4.08. The zero-order valence-corrected chi connectivity index (χ0v) is 9.95. The van der Waals surface area contributed by atoms with Crippen LogP contribution in [0.2, 0.25) is 0 Å². The van der Waals surface area contributed by atoms with Crippen molar-refractivity contribution in [1.29, 1.82) is 0 Å². The van der Waals surface area contributed by atoms with Crippen LogP contribution in [0.5, 0.6) is 0 Å². The van der Waals surface area contributed by atoms with Crippen molar-refractivity contribution < 1.29 is 0 Å². The van der Waals surface area contributed by atoms with Gasteiger partial charge in [0.25, 0.3) is 0 Å². The van der Waals surface area contributed by atoms with Gasteiger partial charge in [-0.2, -0.15) is 0 Å². The normalized spacial score (nSPS) is 11.2. The van der Waals surface area contributed by atoms with E-state index in [0.29, 0.717) is 0 Å². The van der Waals surface area contributed by atoms with E-state index in [2.05, 4.69) is 17.4 Å². The smallest absolute Gasteiger partial charge is 0.319 e. The lowest BCUT2D eigenvalue weighted by molar-refractivity contribution is 0.789. The minimum atomic E-state index is 0.0285. The van der Waals surface area contributed by atoms with Gasteiger partial charge in [-0.15, -0.1) is 0 Å². The Morgan fingerprint density at radius 3 is 2.56 bits per heavy atom. The summed E-state index contributed by atoms with van der Waals surface area (Å²) in [6.07, 6.45) is 0.982. The summed E-state index contributed by atoms with van der Waals surface area (Å²) in [6.45, 7) is 0.951. The largest absolute Gasteiger partial charge is 0.328 e. The molecule has 0 aliphatic heterocycles. The standard InChI is InChI=1S/C12H17N3O/c1-13-7-6-9-4-5-10-11(8-9)15(3)12(16)14(10)2/h4-5,8,13H,6-7H2,1-3H3. The predicted octanol–water partition coefficient (Wildman–Crippen LogP) is 0.639. The third-order valence-corrected chi connectivity index (χ3v) is 3.00. The summed E-state index contributed by atoms with van der Waals surface area (Å²) in [4.78, 5) is 11.7. The first kappa shape index (κ1) is 11.0. The fourth-order valence-electron chi connectivity index (χ4n) is 1.98. The van der Waals surface area contributed by atoms with E-state index in [-0.39, 0.29) is 5.69 Å². The molecule has 0 amide bonds. The third kappa shape index (κ3) is 1.65. The molecule has 1 heterocycles. The molecule has 4 heteroatoms. The first-order chi connectivity index (χ1) is 7.65. The Balaban J connectivity index is 2.54. The Bertz CT molecular complexity index is 565. The highest BCUT2D eigenvalue weighted by Crippen LogP contribution is 2.14. The number of fused-ring (bicyclic) bond motifs is 1. The van der Waals surface area contributed by atoms with Crippen LogP contribution < -0.4 is 11.0 Å². The molecule has 0 radical (unpaired) electrons. The van der Waals surface area contributed by atoms with Gasteiger partial charge in [-0.05, 0) is 37.7 Å². The van der Waals surface area contributed by atoms with Crippen LogP contribution in [0.4, 0.5) is 0 Å². The van der Waals surface area contributed by atoms with Gasteiger partial charge in [0.15, 0.2) is 0 Å². The second-order valence-electron chi connectivity index (χ2n) is 4.08. The summed E-state index contributed by atoms with van der Waals surface area (Å²) in [5.41, 5.74) is 3.27. The van der Waals surface area contributed by atoms with Crippen LogP contribution >= 0.6 is 0 Å². The Morgan fingerprint density at radius 1 is 1.19 bits per heavy atom. The number of benzene rings is 1. The topological polar surface area (TPSA) is 39.0 Å². The molecular weight excluding hydrogens is 202 g/mol. The second kappa shape index (κ2) is 4.14. The van der Waals surface area contributed by atoms with Crippen LogP contribution in [0.3, 0.4) is 0 Å². The number of imidazole rings is 1. The molecular formula is C12H17N3O. The molecule has 1 aromatic heterocycles. The van der Waals surface area contributed by atoms with Gasteiger partial charge in [0.1, 0.15) is 0 Å².